The Labute approximate surface area is 265 Å². The smallest absolute Gasteiger partial charge is 0.147 e. The van der Waals surface area contributed by atoms with Gasteiger partial charge in [0.25, 0.3) is 0 Å². The molecule has 0 N–H and O–H groups in total. The van der Waals surface area contributed by atoms with Crippen molar-refractivity contribution in [2.75, 3.05) is 0 Å². The fourth-order valence-corrected chi connectivity index (χ4v) is 7.12. The lowest BCUT2D eigenvalue weighted by atomic mass is 9.98. The molecule has 46 heavy (non-hydrogen) atoms. The van der Waals surface area contributed by atoms with Gasteiger partial charge in [-0.2, -0.15) is 0 Å². The van der Waals surface area contributed by atoms with Crippen molar-refractivity contribution in [1.29, 1.82) is 0 Å². The molecule has 220 valence electrons. The largest absolute Gasteiger partial charge is 0.457 e. The van der Waals surface area contributed by atoms with Crippen LogP contribution in [0.2, 0.25) is 0 Å². The van der Waals surface area contributed by atoms with Crippen LogP contribution < -0.4 is 4.74 Å². The summed E-state index contributed by atoms with van der Waals surface area (Å²) in [6.45, 7) is 6.45. The monoisotopic (exact) mass is 595 g/mol. The van der Waals surface area contributed by atoms with E-state index in [1.807, 2.05) is 42.7 Å². The van der Waals surface area contributed by atoms with Gasteiger partial charge >= 0.3 is 0 Å². The molecule has 5 heterocycles. The molecule has 5 aromatic heterocycles. The molecule has 0 unspecified atom stereocenters. The summed E-state index contributed by atoms with van der Waals surface area (Å²) < 4.78 is 10.9. The molecule has 0 radical (unpaired) electrons. The Bertz CT molecular complexity index is 2590. The van der Waals surface area contributed by atoms with Crippen LogP contribution in [0, 0.1) is 20.8 Å². The molecule has 0 aliphatic carbocycles. The average molecular weight is 596 g/mol. The summed E-state index contributed by atoms with van der Waals surface area (Å²) in [5, 5.41) is 5.46. The van der Waals surface area contributed by atoms with E-state index in [9.17, 15) is 0 Å². The van der Waals surface area contributed by atoms with Crippen molar-refractivity contribution >= 4 is 49.4 Å². The Morgan fingerprint density at radius 2 is 1.28 bits per heavy atom. The quantitative estimate of drug-likeness (QED) is 0.190. The molecule has 0 aliphatic rings. The van der Waals surface area contributed by atoms with E-state index < -0.39 is 0 Å². The zero-order valence-electron chi connectivity index (χ0n) is 25.7. The van der Waals surface area contributed by atoms with Crippen molar-refractivity contribution in [1.82, 2.24) is 23.9 Å². The summed E-state index contributed by atoms with van der Waals surface area (Å²) in [6.07, 6.45) is 5.80. The van der Waals surface area contributed by atoms with Crippen LogP contribution in [0.4, 0.5) is 0 Å². The number of pyridine rings is 3. The second-order valence-electron chi connectivity index (χ2n) is 12.0. The fourth-order valence-electron chi connectivity index (χ4n) is 7.12. The number of hydrogen-bond donors (Lipinski definition) is 0. The molecule has 0 spiro atoms. The molecule has 6 heteroatoms. The van der Waals surface area contributed by atoms with Gasteiger partial charge in [-0.25, -0.2) is 15.0 Å². The Morgan fingerprint density at radius 3 is 2.11 bits per heavy atom. The van der Waals surface area contributed by atoms with Gasteiger partial charge in [-0.05, 0) is 97.9 Å². The molecule has 0 bridgehead atoms. The van der Waals surface area contributed by atoms with Crippen LogP contribution in [0.3, 0.4) is 0 Å². The normalized spacial score (nSPS) is 11.8. The summed E-state index contributed by atoms with van der Waals surface area (Å²) in [7, 11) is 0. The summed E-state index contributed by atoms with van der Waals surface area (Å²) in [6, 6.07) is 35.5. The molecule has 0 saturated carbocycles. The lowest BCUT2D eigenvalue weighted by Crippen LogP contribution is -1.96. The van der Waals surface area contributed by atoms with Gasteiger partial charge in [0.15, 0.2) is 0 Å². The van der Waals surface area contributed by atoms with Crippen molar-refractivity contribution in [2.24, 2.45) is 0 Å². The lowest BCUT2D eigenvalue weighted by Gasteiger charge is -2.12. The van der Waals surface area contributed by atoms with Crippen molar-refractivity contribution in [2.45, 2.75) is 20.8 Å². The number of rotatable bonds is 4. The molecular weight excluding hydrogens is 566 g/mol. The summed E-state index contributed by atoms with van der Waals surface area (Å²) >= 11 is 0. The van der Waals surface area contributed by atoms with Gasteiger partial charge in [-0.15, -0.1) is 0 Å². The van der Waals surface area contributed by atoms with E-state index >= 15 is 0 Å². The number of aromatic nitrogens is 5. The third kappa shape index (κ3) is 4.00. The van der Waals surface area contributed by atoms with Crippen LogP contribution >= 0.6 is 0 Å². The van der Waals surface area contributed by atoms with Crippen LogP contribution in [0.25, 0.3) is 66.3 Å². The predicted octanol–water partition coefficient (Wildman–Crippen LogP) is 9.91. The second-order valence-corrected chi connectivity index (χ2v) is 12.0. The lowest BCUT2D eigenvalue weighted by molar-refractivity contribution is 0.483. The molecule has 6 nitrogen and oxygen atoms in total. The zero-order chi connectivity index (χ0) is 30.9. The molecule has 9 rings (SSSR count). The molecule has 0 atom stereocenters. The first-order valence-corrected chi connectivity index (χ1v) is 15.4. The van der Waals surface area contributed by atoms with E-state index in [1.54, 1.807) is 0 Å². The third-order valence-corrected chi connectivity index (χ3v) is 8.92. The number of aryl methyl sites for hydroxylation is 3. The van der Waals surface area contributed by atoms with Crippen LogP contribution in [0.5, 0.6) is 11.5 Å². The predicted molar refractivity (Wildman–Crippen MR) is 186 cm³/mol. The summed E-state index contributed by atoms with van der Waals surface area (Å²) in [5.41, 5.74) is 10.5. The van der Waals surface area contributed by atoms with Crippen LogP contribution in [-0.4, -0.2) is 23.9 Å². The molecule has 0 saturated heterocycles. The Balaban J connectivity index is 1.19. The highest BCUT2D eigenvalue weighted by molar-refractivity contribution is 6.11. The standard InChI is InChI=1S/C40H29N5O/c1-24-19-25(2)37(26(3)20-24)35-23-44-38-32(12-7-17-41-38)30-16-15-29(22-34(30)40(44)43-35)46-28-10-6-9-27(21-28)45-36-14-5-4-11-31(36)33-13-8-18-42-39(33)45/h4-23H,1-3H3. The first-order chi connectivity index (χ1) is 22.5. The van der Waals surface area contributed by atoms with Crippen LogP contribution in [0.1, 0.15) is 16.7 Å². The Hall–Kier alpha value is -6.01. The number of benzene rings is 4. The molecule has 0 amide bonds. The van der Waals surface area contributed by atoms with Gasteiger partial charge in [0, 0.05) is 51.8 Å². The third-order valence-electron chi connectivity index (χ3n) is 8.92. The van der Waals surface area contributed by atoms with Crippen molar-refractivity contribution < 1.29 is 4.74 Å². The minimum Gasteiger partial charge on any atom is -0.457 e. The van der Waals surface area contributed by atoms with Gasteiger partial charge in [0.1, 0.15) is 28.4 Å². The highest BCUT2D eigenvalue weighted by Crippen LogP contribution is 2.37. The molecule has 0 fully saturated rings. The second kappa shape index (κ2) is 10.0. The van der Waals surface area contributed by atoms with Gasteiger partial charge in [-0.1, -0.05) is 42.0 Å². The summed E-state index contributed by atoms with van der Waals surface area (Å²) in [5.74, 6) is 1.48. The van der Waals surface area contributed by atoms with Crippen molar-refractivity contribution in [3.63, 3.8) is 0 Å². The summed E-state index contributed by atoms with van der Waals surface area (Å²) in [4.78, 5) is 14.7. The van der Waals surface area contributed by atoms with E-state index in [1.165, 1.54) is 22.1 Å². The van der Waals surface area contributed by atoms with Gasteiger partial charge in [0.05, 0.1) is 16.9 Å². The van der Waals surface area contributed by atoms with Gasteiger partial charge in [0.2, 0.25) is 0 Å². The maximum absolute atomic E-state index is 6.57. The fraction of sp³-hybridized carbons (Fsp3) is 0.0750. The van der Waals surface area contributed by atoms with E-state index in [2.05, 4.69) is 109 Å². The highest BCUT2D eigenvalue weighted by Gasteiger charge is 2.17. The highest BCUT2D eigenvalue weighted by atomic mass is 16.5. The number of imidazole rings is 1. The maximum atomic E-state index is 6.57. The van der Waals surface area contributed by atoms with E-state index in [0.29, 0.717) is 0 Å². The Kier molecular flexibility index (Phi) is 5.74. The van der Waals surface area contributed by atoms with Gasteiger partial charge < -0.3 is 4.74 Å². The Morgan fingerprint density at radius 1 is 0.565 bits per heavy atom. The number of ether oxygens (including phenoxy) is 1. The van der Waals surface area contributed by atoms with Crippen molar-refractivity contribution in [3.8, 4) is 28.4 Å². The molecule has 9 aromatic rings. The first kappa shape index (κ1) is 26.4. The first-order valence-electron chi connectivity index (χ1n) is 15.4. The number of hydrogen-bond acceptors (Lipinski definition) is 4. The van der Waals surface area contributed by atoms with Crippen LogP contribution in [-0.2, 0) is 0 Å². The number of nitrogens with zero attached hydrogens (tertiary/aromatic N) is 5. The topological polar surface area (TPSA) is 57.2 Å². The van der Waals surface area contributed by atoms with E-state index in [0.717, 1.165) is 72.4 Å². The SMILES string of the molecule is Cc1cc(C)c(-c2cn3c4ncccc4c4ccc(Oc5cccc(-n6c7ccccc7c7cccnc76)c5)cc4c3n2)c(C)c1. The zero-order valence-corrected chi connectivity index (χ0v) is 25.7. The molecular formula is C40H29N5O. The maximum Gasteiger partial charge on any atom is 0.147 e. The van der Waals surface area contributed by atoms with Crippen LogP contribution in [0.15, 0.2) is 122 Å². The number of fused-ring (bicyclic) bond motifs is 9. The van der Waals surface area contributed by atoms with E-state index in [-0.39, 0.29) is 0 Å². The average Bonchev–Trinajstić information content (AvgIpc) is 3.65. The molecule has 0 aliphatic heterocycles. The molecule has 4 aromatic carbocycles. The van der Waals surface area contributed by atoms with Gasteiger partial charge in [-0.3, -0.25) is 8.97 Å². The minimum absolute atomic E-state index is 0.738. The number of para-hydroxylation sites is 1. The minimum atomic E-state index is 0.738. The van der Waals surface area contributed by atoms with E-state index in [4.69, 9.17) is 19.7 Å². The van der Waals surface area contributed by atoms with Crippen molar-refractivity contribution in [3.05, 3.63) is 138 Å².